The fraction of sp³-hybridized carbons (Fsp3) is 0.250. The number of nitrogens with two attached hydrogens (primary N) is 1. The molecule has 0 fully saturated rings. The first-order chi connectivity index (χ1) is 9.99. The van der Waals surface area contributed by atoms with E-state index in [1.165, 1.54) is 4.90 Å². The van der Waals surface area contributed by atoms with Crippen LogP contribution in [0.4, 0.5) is 5.69 Å². The molecule has 0 aromatic heterocycles. The molecule has 110 valence electrons. The lowest BCUT2D eigenvalue weighted by molar-refractivity contribution is 0.590. The SMILES string of the molecule is Cc1c(N)cccc1S(=O)(=O)CC1CSc2ccccc21. The predicted octanol–water partition coefficient (Wildman–Crippen LogP) is 3.24. The third kappa shape index (κ3) is 2.68. The minimum atomic E-state index is -3.33. The first-order valence-electron chi connectivity index (χ1n) is 6.78. The Labute approximate surface area is 129 Å². The van der Waals surface area contributed by atoms with E-state index in [-0.39, 0.29) is 11.7 Å². The van der Waals surface area contributed by atoms with Crippen LogP contribution in [0.1, 0.15) is 17.0 Å². The Kier molecular flexibility index (Phi) is 3.71. The number of rotatable bonds is 3. The highest BCUT2D eigenvalue weighted by Crippen LogP contribution is 2.40. The fourth-order valence-corrected chi connectivity index (χ4v) is 5.97. The third-order valence-corrected chi connectivity index (χ3v) is 7.09. The van der Waals surface area contributed by atoms with Crippen LogP contribution >= 0.6 is 11.8 Å². The summed E-state index contributed by atoms with van der Waals surface area (Å²) in [7, 11) is -3.33. The first-order valence-corrected chi connectivity index (χ1v) is 9.42. The van der Waals surface area contributed by atoms with E-state index in [9.17, 15) is 8.42 Å². The molecular weight excluding hydrogens is 302 g/mol. The number of benzene rings is 2. The summed E-state index contributed by atoms with van der Waals surface area (Å²) < 4.78 is 25.4. The van der Waals surface area contributed by atoms with Crippen LogP contribution < -0.4 is 5.73 Å². The molecule has 0 radical (unpaired) electrons. The molecule has 3 nitrogen and oxygen atoms in total. The number of sulfone groups is 1. The molecule has 1 aliphatic rings. The molecule has 21 heavy (non-hydrogen) atoms. The van der Waals surface area contributed by atoms with Crippen LogP contribution in [-0.4, -0.2) is 19.9 Å². The molecule has 0 bridgehead atoms. The lowest BCUT2D eigenvalue weighted by Gasteiger charge is -2.14. The van der Waals surface area contributed by atoms with E-state index in [4.69, 9.17) is 5.73 Å². The summed E-state index contributed by atoms with van der Waals surface area (Å²) in [6, 6.07) is 13.1. The molecule has 1 aliphatic heterocycles. The van der Waals surface area contributed by atoms with Crippen LogP contribution in [0.25, 0.3) is 0 Å². The topological polar surface area (TPSA) is 60.2 Å². The largest absolute Gasteiger partial charge is 0.398 e. The minimum absolute atomic E-state index is 0.0528. The van der Waals surface area contributed by atoms with Gasteiger partial charge in [-0.3, -0.25) is 0 Å². The highest BCUT2D eigenvalue weighted by atomic mass is 32.2. The maximum Gasteiger partial charge on any atom is 0.179 e. The molecule has 0 saturated heterocycles. The van der Waals surface area contributed by atoms with Gasteiger partial charge in [0.25, 0.3) is 0 Å². The van der Waals surface area contributed by atoms with Gasteiger partial charge in [-0.2, -0.15) is 0 Å². The molecule has 0 amide bonds. The Morgan fingerprint density at radius 3 is 2.76 bits per heavy atom. The molecule has 1 heterocycles. The van der Waals surface area contributed by atoms with Gasteiger partial charge in [-0.15, -0.1) is 11.8 Å². The van der Waals surface area contributed by atoms with E-state index in [0.717, 1.165) is 11.3 Å². The highest BCUT2D eigenvalue weighted by Gasteiger charge is 2.29. The summed E-state index contributed by atoms with van der Waals surface area (Å²) in [6.07, 6.45) is 0. The third-order valence-electron chi connectivity index (χ3n) is 3.88. The van der Waals surface area contributed by atoms with Gasteiger partial charge in [0.2, 0.25) is 0 Å². The molecule has 0 saturated carbocycles. The van der Waals surface area contributed by atoms with Gasteiger partial charge in [-0.05, 0) is 36.2 Å². The van der Waals surface area contributed by atoms with Crippen molar-refractivity contribution in [1.29, 1.82) is 0 Å². The summed E-state index contributed by atoms with van der Waals surface area (Å²) in [5.41, 5.74) is 8.15. The van der Waals surface area contributed by atoms with Crippen molar-refractivity contribution in [3.8, 4) is 0 Å². The summed E-state index contributed by atoms with van der Waals surface area (Å²) in [4.78, 5) is 1.55. The Hall–Kier alpha value is -1.46. The molecule has 3 rings (SSSR count). The van der Waals surface area contributed by atoms with Crippen molar-refractivity contribution in [2.75, 3.05) is 17.2 Å². The number of hydrogen-bond donors (Lipinski definition) is 1. The molecule has 1 atom stereocenters. The zero-order valence-electron chi connectivity index (χ0n) is 11.7. The van der Waals surface area contributed by atoms with Crippen LogP contribution in [0.3, 0.4) is 0 Å². The van der Waals surface area contributed by atoms with Gasteiger partial charge in [0.05, 0.1) is 10.6 Å². The van der Waals surface area contributed by atoms with Crippen molar-refractivity contribution in [3.05, 3.63) is 53.6 Å². The Morgan fingerprint density at radius 2 is 1.95 bits per heavy atom. The Morgan fingerprint density at radius 1 is 1.19 bits per heavy atom. The second kappa shape index (κ2) is 5.39. The fourth-order valence-electron chi connectivity index (χ4n) is 2.69. The summed E-state index contributed by atoms with van der Waals surface area (Å²) in [5.74, 6) is 1.01. The van der Waals surface area contributed by atoms with Crippen LogP contribution in [0, 0.1) is 6.92 Å². The first kappa shape index (κ1) is 14.5. The second-order valence-electron chi connectivity index (χ2n) is 5.30. The van der Waals surface area contributed by atoms with Crippen molar-refractivity contribution in [2.24, 2.45) is 0 Å². The van der Waals surface area contributed by atoms with E-state index in [0.29, 0.717) is 16.1 Å². The van der Waals surface area contributed by atoms with E-state index in [2.05, 4.69) is 6.07 Å². The standard InChI is InChI=1S/C16H17NO2S2/c1-11-14(17)6-4-8-16(11)21(18,19)10-12-9-20-15-7-3-2-5-13(12)15/h2-8,12H,9-10,17H2,1H3. The number of anilines is 1. The van der Waals surface area contributed by atoms with E-state index < -0.39 is 9.84 Å². The van der Waals surface area contributed by atoms with Gasteiger partial charge < -0.3 is 5.73 Å². The van der Waals surface area contributed by atoms with E-state index >= 15 is 0 Å². The highest BCUT2D eigenvalue weighted by molar-refractivity contribution is 7.99. The molecule has 2 aromatic rings. The zero-order valence-corrected chi connectivity index (χ0v) is 13.4. The summed E-state index contributed by atoms with van der Waals surface area (Å²) >= 11 is 1.73. The lowest BCUT2D eigenvalue weighted by atomic mass is 10.0. The normalized spacial score (nSPS) is 17.7. The molecule has 0 spiro atoms. The van der Waals surface area contributed by atoms with Crippen LogP contribution in [-0.2, 0) is 9.84 Å². The summed E-state index contributed by atoms with van der Waals surface area (Å²) in [5, 5.41) is 0. The number of nitrogen functional groups attached to an aromatic ring is 1. The predicted molar refractivity (Wildman–Crippen MR) is 87.6 cm³/mol. The molecule has 1 unspecified atom stereocenters. The quantitative estimate of drug-likeness (QED) is 0.882. The van der Waals surface area contributed by atoms with Gasteiger partial charge >= 0.3 is 0 Å². The second-order valence-corrected chi connectivity index (χ2v) is 8.36. The van der Waals surface area contributed by atoms with Gasteiger partial charge in [0.15, 0.2) is 9.84 Å². The average molecular weight is 319 g/mol. The number of thioether (sulfide) groups is 1. The smallest absolute Gasteiger partial charge is 0.179 e. The van der Waals surface area contributed by atoms with Crippen molar-refractivity contribution < 1.29 is 8.42 Å². The van der Waals surface area contributed by atoms with Crippen molar-refractivity contribution >= 4 is 27.3 Å². The number of fused-ring (bicyclic) bond motifs is 1. The number of hydrogen-bond acceptors (Lipinski definition) is 4. The Balaban J connectivity index is 1.93. The van der Waals surface area contributed by atoms with Crippen molar-refractivity contribution in [2.45, 2.75) is 22.6 Å². The molecular formula is C16H17NO2S2. The van der Waals surface area contributed by atoms with E-state index in [1.807, 2.05) is 18.2 Å². The zero-order chi connectivity index (χ0) is 15.0. The average Bonchev–Trinajstić information content (AvgIpc) is 2.84. The minimum Gasteiger partial charge on any atom is -0.398 e. The van der Waals surface area contributed by atoms with Crippen LogP contribution in [0.15, 0.2) is 52.3 Å². The lowest BCUT2D eigenvalue weighted by Crippen LogP contribution is -2.16. The molecule has 2 aromatic carbocycles. The van der Waals surface area contributed by atoms with Gasteiger partial charge in [0.1, 0.15) is 0 Å². The molecule has 5 heteroatoms. The maximum atomic E-state index is 12.7. The van der Waals surface area contributed by atoms with Crippen LogP contribution in [0.2, 0.25) is 0 Å². The van der Waals surface area contributed by atoms with Crippen molar-refractivity contribution in [3.63, 3.8) is 0 Å². The van der Waals surface area contributed by atoms with Crippen LogP contribution in [0.5, 0.6) is 0 Å². The summed E-state index contributed by atoms with van der Waals surface area (Å²) in [6.45, 7) is 1.76. The van der Waals surface area contributed by atoms with Gasteiger partial charge in [-0.25, -0.2) is 8.42 Å². The van der Waals surface area contributed by atoms with E-state index in [1.54, 1.807) is 36.9 Å². The van der Waals surface area contributed by atoms with Gasteiger partial charge in [-0.1, -0.05) is 24.3 Å². The monoisotopic (exact) mass is 319 g/mol. The maximum absolute atomic E-state index is 12.7. The van der Waals surface area contributed by atoms with Crippen molar-refractivity contribution in [1.82, 2.24) is 0 Å². The van der Waals surface area contributed by atoms with Gasteiger partial charge in [0, 0.05) is 22.3 Å². The Bertz CT molecular complexity index is 785. The molecule has 0 aliphatic carbocycles. The molecule has 2 N–H and O–H groups in total.